The van der Waals surface area contributed by atoms with E-state index < -0.39 is 0 Å². The standard InChI is InChI=1S/C18H19ClN4O2/c19-7-9-21-18(25)22-16-11-15(6-8-20-16)23-12-14(10-17(23)24)13-4-2-1-3-5-13/h1-6,8,11,14H,7,9-10,12H2,(H2,20,21,22,25)/t14-/m0/s1. The van der Waals surface area contributed by atoms with Gasteiger partial charge >= 0.3 is 6.03 Å². The molecule has 7 heteroatoms. The molecule has 6 nitrogen and oxygen atoms in total. The van der Waals surface area contributed by atoms with Crippen LogP contribution in [0.1, 0.15) is 17.9 Å². The molecule has 1 saturated heterocycles. The van der Waals surface area contributed by atoms with E-state index in [-0.39, 0.29) is 17.9 Å². The molecule has 0 unspecified atom stereocenters. The van der Waals surface area contributed by atoms with Crippen molar-refractivity contribution in [1.82, 2.24) is 10.3 Å². The van der Waals surface area contributed by atoms with E-state index in [2.05, 4.69) is 15.6 Å². The first-order valence-electron chi connectivity index (χ1n) is 8.09. The number of aromatic nitrogens is 1. The molecule has 1 aliphatic rings. The zero-order valence-electron chi connectivity index (χ0n) is 13.6. The number of carbonyl (C=O) groups excluding carboxylic acids is 2. The second-order valence-corrected chi connectivity index (χ2v) is 6.16. The molecule has 2 N–H and O–H groups in total. The van der Waals surface area contributed by atoms with E-state index in [0.717, 1.165) is 11.3 Å². The van der Waals surface area contributed by atoms with Crippen molar-refractivity contribution in [3.63, 3.8) is 0 Å². The monoisotopic (exact) mass is 358 g/mol. The number of anilines is 2. The van der Waals surface area contributed by atoms with Crippen molar-refractivity contribution >= 4 is 35.0 Å². The molecule has 0 aliphatic carbocycles. The van der Waals surface area contributed by atoms with Gasteiger partial charge in [-0.2, -0.15) is 0 Å². The summed E-state index contributed by atoms with van der Waals surface area (Å²) in [5.74, 6) is 0.966. The van der Waals surface area contributed by atoms with Crippen LogP contribution in [0.3, 0.4) is 0 Å². The number of rotatable bonds is 5. The average Bonchev–Trinajstić information content (AvgIpc) is 3.03. The first-order valence-corrected chi connectivity index (χ1v) is 8.63. The van der Waals surface area contributed by atoms with Gasteiger partial charge in [0.25, 0.3) is 0 Å². The van der Waals surface area contributed by atoms with Crippen LogP contribution in [0, 0.1) is 0 Å². The fourth-order valence-corrected chi connectivity index (χ4v) is 2.98. The van der Waals surface area contributed by atoms with Gasteiger partial charge in [0.15, 0.2) is 0 Å². The Morgan fingerprint density at radius 2 is 2.08 bits per heavy atom. The van der Waals surface area contributed by atoms with Crippen LogP contribution in [0.5, 0.6) is 0 Å². The van der Waals surface area contributed by atoms with Crippen LogP contribution in [0.15, 0.2) is 48.7 Å². The molecule has 1 aromatic heterocycles. The molecule has 1 aliphatic heterocycles. The summed E-state index contributed by atoms with van der Waals surface area (Å²) < 4.78 is 0. The van der Waals surface area contributed by atoms with Gasteiger partial charge < -0.3 is 10.2 Å². The highest BCUT2D eigenvalue weighted by molar-refractivity contribution is 6.18. The number of urea groups is 1. The van der Waals surface area contributed by atoms with Crippen molar-refractivity contribution in [1.29, 1.82) is 0 Å². The third-order valence-electron chi connectivity index (χ3n) is 4.07. The van der Waals surface area contributed by atoms with Gasteiger partial charge in [-0.15, -0.1) is 11.6 Å². The van der Waals surface area contributed by atoms with Crippen LogP contribution >= 0.6 is 11.6 Å². The maximum Gasteiger partial charge on any atom is 0.320 e. The van der Waals surface area contributed by atoms with E-state index in [0.29, 0.717) is 31.2 Å². The van der Waals surface area contributed by atoms with Crippen molar-refractivity contribution in [3.8, 4) is 0 Å². The van der Waals surface area contributed by atoms with E-state index in [1.165, 1.54) is 0 Å². The van der Waals surface area contributed by atoms with Crippen molar-refractivity contribution in [2.45, 2.75) is 12.3 Å². The molecule has 25 heavy (non-hydrogen) atoms. The third kappa shape index (κ3) is 4.28. The van der Waals surface area contributed by atoms with E-state index >= 15 is 0 Å². The SMILES string of the molecule is O=C(NCCCl)Nc1cc(N2C[C@@H](c3ccccc3)CC2=O)ccn1. The molecule has 0 radical (unpaired) electrons. The highest BCUT2D eigenvalue weighted by Crippen LogP contribution is 2.32. The van der Waals surface area contributed by atoms with Gasteiger partial charge in [0.2, 0.25) is 5.91 Å². The number of carbonyl (C=O) groups is 2. The summed E-state index contributed by atoms with van der Waals surface area (Å²) in [5.41, 5.74) is 1.89. The topological polar surface area (TPSA) is 74.3 Å². The smallest absolute Gasteiger partial charge is 0.320 e. The lowest BCUT2D eigenvalue weighted by molar-refractivity contribution is -0.117. The molecule has 3 rings (SSSR count). The van der Waals surface area contributed by atoms with Gasteiger partial charge in [-0.3, -0.25) is 10.1 Å². The predicted molar refractivity (Wildman–Crippen MR) is 98.1 cm³/mol. The number of pyridine rings is 1. The Bertz CT molecular complexity index is 754. The summed E-state index contributed by atoms with van der Waals surface area (Å²) >= 11 is 5.54. The van der Waals surface area contributed by atoms with E-state index in [9.17, 15) is 9.59 Å². The van der Waals surface area contributed by atoms with Gasteiger partial charge in [0, 0.05) is 49.3 Å². The fourth-order valence-electron chi connectivity index (χ4n) is 2.88. The Labute approximate surface area is 151 Å². The summed E-state index contributed by atoms with van der Waals surface area (Å²) in [6, 6.07) is 13.1. The lowest BCUT2D eigenvalue weighted by Gasteiger charge is -2.17. The highest BCUT2D eigenvalue weighted by Gasteiger charge is 2.31. The van der Waals surface area contributed by atoms with Crippen LogP contribution in [0.4, 0.5) is 16.3 Å². The Hall–Kier alpha value is -2.60. The first-order chi connectivity index (χ1) is 12.2. The third-order valence-corrected chi connectivity index (χ3v) is 4.26. The number of hydrogen-bond acceptors (Lipinski definition) is 3. The minimum atomic E-state index is -0.375. The molecular formula is C18H19ClN4O2. The molecule has 3 amide bonds. The van der Waals surface area contributed by atoms with Crippen LogP contribution < -0.4 is 15.5 Å². The van der Waals surface area contributed by atoms with Gasteiger partial charge in [-0.05, 0) is 11.6 Å². The van der Waals surface area contributed by atoms with E-state index in [4.69, 9.17) is 11.6 Å². The van der Waals surface area contributed by atoms with Crippen molar-refractivity contribution in [2.24, 2.45) is 0 Å². The number of nitrogens with zero attached hydrogens (tertiary/aromatic N) is 2. The second kappa shape index (κ2) is 7.98. The molecule has 2 heterocycles. The quantitative estimate of drug-likeness (QED) is 0.807. The Kier molecular flexibility index (Phi) is 5.50. The second-order valence-electron chi connectivity index (χ2n) is 5.79. The number of hydrogen-bond donors (Lipinski definition) is 2. The number of alkyl halides is 1. The molecule has 1 atom stereocenters. The Morgan fingerprint density at radius 3 is 2.84 bits per heavy atom. The zero-order chi connectivity index (χ0) is 17.6. The molecule has 130 valence electrons. The molecule has 0 saturated carbocycles. The van der Waals surface area contributed by atoms with Gasteiger partial charge in [0.1, 0.15) is 5.82 Å². The Morgan fingerprint density at radius 1 is 1.28 bits per heavy atom. The number of amides is 3. The largest absolute Gasteiger partial charge is 0.337 e. The zero-order valence-corrected chi connectivity index (χ0v) is 14.4. The van der Waals surface area contributed by atoms with Crippen LogP contribution in [0.2, 0.25) is 0 Å². The molecule has 1 fully saturated rings. The molecule has 0 spiro atoms. The summed E-state index contributed by atoms with van der Waals surface area (Å²) in [6.45, 7) is 0.987. The fraction of sp³-hybridized carbons (Fsp3) is 0.278. The van der Waals surface area contributed by atoms with Gasteiger partial charge in [-0.1, -0.05) is 30.3 Å². The van der Waals surface area contributed by atoms with Crippen LogP contribution in [-0.2, 0) is 4.79 Å². The lowest BCUT2D eigenvalue weighted by Crippen LogP contribution is -2.30. The first kappa shape index (κ1) is 17.2. The molecule has 1 aromatic carbocycles. The maximum atomic E-state index is 12.4. The average molecular weight is 359 g/mol. The minimum absolute atomic E-state index is 0.0672. The maximum absolute atomic E-state index is 12.4. The number of benzene rings is 1. The van der Waals surface area contributed by atoms with Crippen LogP contribution in [-0.4, -0.2) is 35.9 Å². The summed E-state index contributed by atoms with van der Waals surface area (Å²) in [5, 5.41) is 5.25. The van der Waals surface area contributed by atoms with Crippen molar-refractivity contribution in [2.75, 3.05) is 29.2 Å². The van der Waals surface area contributed by atoms with E-state index in [1.54, 1.807) is 23.2 Å². The normalized spacial score (nSPS) is 16.8. The predicted octanol–water partition coefficient (Wildman–Crippen LogP) is 2.96. The van der Waals surface area contributed by atoms with Gasteiger partial charge in [0.05, 0.1) is 0 Å². The number of halogens is 1. The lowest BCUT2D eigenvalue weighted by atomic mass is 9.99. The molecular weight excluding hydrogens is 340 g/mol. The summed E-state index contributed by atoms with van der Waals surface area (Å²) in [4.78, 5) is 30.0. The summed E-state index contributed by atoms with van der Waals surface area (Å²) in [6.07, 6.45) is 2.06. The van der Waals surface area contributed by atoms with Crippen molar-refractivity contribution in [3.05, 3.63) is 54.2 Å². The minimum Gasteiger partial charge on any atom is -0.337 e. The molecule has 2 aromatic rings. The van der Waals surface area contributed by atoms with Crippen molar-refractivity contribution < 1.29 is 9.59 Å². The summed E-state index contributed by atoms with van der Waals surface area (Å²) in [7, 11) is 0. The van der Waals surface area contributed by atoms with Gasteiger partial charge in [-0.25, -0.2) is 9.78 Å². The highest BCUT2D eigenvalue weighted by atomic mass is 35.5. The molecule has 0 bridgehead atoms. The number of nitrogens with one attached hydrogen (secondary N) is 2. The van der Waals surface area contributed by atoms with E-state index in [1.807, 2.05) is 30.3 Å². The Balaban J connectivity index is 1.70. The van der Waals surface area contributed by atoms with Crippen LogP contribution in [0.25, 0.3) is 0 Å².